The van der Waals surface area contributed by atoms with Gasteiger partial charge in [-0.05, 0) is 41.5 Å². The SMILES string of the molecule is N#CC(C#N)=C1C(c2cc(C(F)(F)F)cc(C(F)(F)F)c2)=C(C#N)c2c(F)c3c(c(F)c21)C(=C(C#N)C#N)C(c1ccc(C#N)c(C(F)(F)F)c1)=C3C#N. The number of allylic oxidation sites excluding steroid dienone is 8. The fraction of sp³-hybridized carbons (Fsp3) is 0.0833. The molecule has 0 atom stereocenters. The van der Waals surface area contributed by atoms with Crippen LogP contribution in [-0.4, -0.2) is 0 Å². The Bertz CT molecular complexity index is 2640. The summed E-state index contributed by atoms with van der Waals surface area (Å²) in [7, 11) is 0. The van der Waals surface area contributed by atoms with Crippen LogP contribution < -0.4 is 0 Å². The fourth-order valence-corrected chi connectivity index (χ4v) is 6.08. The topological polar surface area (TPSA) is 167 Å². The maximum atomic E-state index is 17.2. The molecule has 5 rings (SSSR count). The van der Waals surface area contributed by atoms with Crippen LogP contribution in [0.15, 0.2) is 47.5 Å². The van der Waals surface area contributed by atoms with Crippen LogP contribution in [0, 0.1) is 91.0 Å². The van der Waals surface area contributed by atoms with Gasteiger partial charge in [0.15, 0.2) is 0 Å². The van der Waals surface area contributed by atoms with Crippen molar-refractivity contribution in [3.63, 3.8) is 0 Å². The highest BCUT2D eigenvalue weighted by atomic mass is 19.4. The Morgan fingerprint density at radius 1 is 0.463 bits per heavy atom. The van der Waals surface area contributed by atoms with E-state index >= 15 is 8.78 Å². The average molecular weight is 745 g/mol. The highest BCUT2D eigenvalue weighted by Crippen LogP contribution is 2.58. The molecule has 0 aliphatic heterocycles. The Kier molecular flexibility index (Phi) is 8.90. The van der Waals surface area contributed by atoms with Gasteiger partial charge in [0, 0.05) is 44.5 Å². The highest BCUT2D eigenvalue weighted by molar-refractivity contribution is 6.30. The van der Waals surface area contributed by atoms with Crippen LogP contribution in [0.5, 0.6) is 0 Å². The van der Waals surface area contributed by atoms with E-state index in [-0.39, 0.29) is 24.3 Å². The molecule has 0 fully saturated rings. The van der Waals surface area contributed by atoms with Gasteiger partial charge in [0.05, 0.1) is 39.5 Å². The summed E-state index contributed by atoms with van der Waals surface area (Å²) in [5.41, 5.74) is -22.4. The summed E-state index contributed by atoms with van der Waals surface area (Å²) in [5.74, 6) is -3.73. The molecule has 0 N–H and O–H groups in total. The van der Waals surface area contributed by atoms with Crippen molar-refractivity contribution in [1.29, 1.82) is 36.8 Å². The molecule has 2 aliphatic carbocycles. The van der Waals surface area contributed by atoms with Gasteiger partial charge < -0.3 is 0 Å². The maximum Gasteiger partial charge on any atom is 0.417 e. The molecule has 0 saturated carbocycles. The zero-order valence-electron chi connectivity index (χ0n) is 25.8. The zero-order valence-corrected chi connectivity index (χ0v) is 25.8. The lowest BCUT2D eigenvalue weighted by molar-refractivity contribution is -0.143. The molecule has 2 aliphatic rings. The summed E-state index contributed by atoms with van der Waals surface area (Å²) < 4.78 is 159. The van der Waals surface area contributed by atoms with Crippen LogP contribution in [0.2, 0.25) is 0 Å². The van der Waals surface area contributed by atoms with Crippen molar-refractivity contribution in [2.45, 2.75) is 18.5 Å². The van der Waals surface area contributed by atoms with Crippen molar-refractivity contribution < 1.29 is 48.3 Å². The minimum atomic E-state index is -5.49. The van der Waals surface area contributed by atoms with Crippen molar-refractivity contribution in [3.8, 4) is 42.5 Å². The van der Waals surface area contributed by atoms with Gasteiger partial charge in [-0.15, -0.1) is 0 Å². The third-order valence-corrected chi connectivity index (χ3v) is 8.16. The molecule has 0 saturated heterocycles. The fourth-order valence-electron chi connectivity index (χ4n) is 6.08. The summed E-state index contributed by atoms with van der Waals surface area (Å²) in [6.45, 7) is 0. The number of hydrogen-bond acceptors (Lipinski definition) is 7. The van der Waals surface area contributed by atoms with Crippen LogP contribution in [-0.2, 0) is 18.5 Å². The molecule has 0 aromatic heterocycles. The first-order chi connectivity index (χ1) is 25.2. The number of rotatable bonds is 2. The highest BCUT2D eigenvalue weighted by Gasteiger charge is 2.46. The Balaban J connectivity index is 2.04. The smallest absolute Gasteiger partial charge is 0.206 e. The average Bonchev–Trinajstić information content (AvgIpc) is 3.64. The van der Waals surface area contributed by atoms with Gasteiger partial charge in [0.1, 0.15) is 59.2 Å². The van der Waals surface area contributed by atoms with E-state index in [1.165, 1.54) is 42.5 Å². The van der Waals surface area contributed by atoms with E-state index in [0.29, 0.717) is 6.07 Å². The molecular formula is C36H6F11N7. The normalized spacial score (nSPS) is 13.5. The minimum absolute atomic E-state index is 0.0559. The predicted molar refractivity (Wildman–Crippen MR) is 160 cm³/mol. The third kappa shape index (κ3) is 5.64. The molecule has 262 valence electrons. The van der Waals surface area contributed by atoms with Gasteiger partial charge in [-0.2, -0.15) is 76.3 Å². The molecule has 0 radical (unpaired) electrons. The molecule has 3 aromatic carbocycles. The lowest BCUT2D eigenvalue weighted by Crippen LogP contribution is -2.12. The molecule has 0 heterocycles. The van der Waals surface area contributed by atoms with E-state index in [0.717, 1.165) is 6.07 Å². The second kappa shape index (κ2) is 12.8. The minimum Gasteiger partial charge on any atom is -0.206 e. The number of nitriles is 7. The Hall–Kier alpha value is -7.72. The molecule has 0 bridgehead atoms. The predicted octanol–water partition coefficient (Wildman–Crippen LogP) is 9.39. The van der Waals surface area contributed by atoms with E-state index in [1.54, 1.807) is 0 Å². The van der Waals surface area contributed by atoms with Crippen molar-refractivity contribution >= 4 is 33.4 Å². The van der Waals surface area contributed by atoms with Crippen LogP contribution in [0.25, 0.3) is 33.4 Å². The Morgan fingerprint density at radius 2 is 0.870 bits per heavy atom. The number of nitrogens with zero attached hydrogens (tertiary/aromatic N) is 7. The number of benzene rings is 3. The van der Waals surface area contributed by atoms with Crippen LogP contribution in [0.3, 0.4) is 0 Å². The summed E-state index contributed by atoms with van der Waals surface area (Å²) in [4.78, 5) is 0. The third-order valence-electron chi connectivity index (χ3n) is 8.16. The number of fused-ring (bicyclic) bond motifs is 2. The van der Waals surface area contributed by atoms with E-state index in [9.17, 15) is 76.3 Å². The summed E-state index contributed by atoms with van der Waals surface area (Å²) in [6.07, 6.45) is -16.2. The van der Waals surface area contributed by atoms with Crippen molar-refractivity contribution in [2.75, 3.05) is 0 Å². The van der Waals surface area contributed by atoms with E-state index < -0.39 is 130 Å². The number of alkyl halides is 9. The number of hydrogen-bond donors (Lipinski definition) is 0. The summed E-state index contributed by atoms with van der Waals surface area (Å²) >= 11 is 0. The first-order valence-corrected chi connectivity index (χ1v) is 14.1. The van der Waals surface area contributed by atoms with E-state index in [4.69, 9.17) is 0 Å². The molecule has 0 amide bonds. The second-order valence-corrected chi connectivity index (χ2v) is 11.0. The Labute approximate surface area is 294 Å². The summed E-state index contributed by atoms with van der Waals surface area (Å²) in [6, 6.07) is 10.7. The first kappa shape index (κ1) is 37.5. The van der Waals surface area contributed by atoms with Crippen molar-refractivity contribution in [2.24, 2.45) is 0 Å². The van der Waals surface area contributed by atoms with Crippen LogP contribution >= 0.6 is 0 Å². The molecule has 54 heavy (non-hydrogen) atoms. The van der Waals surface area contributed by atoms with Crippen molar-refractivity contribution in [3.05, 3.63) is 115 Å². The molecule has 0 spiro atoms. The maximum absolute atomic E-state index is 17.2. The van der Waals surface area contributed by atoms with Gasteiger partial charge in [0.2, 0.25) is 0 Å². The lowest BCUT2D eigenvalue weighted by atomic mass is 9.87. The van der Waals surface area contributed by atoms with Crippen LogP contribution in [0.1, 0.15) is 55.6 Å². The first-order valence-electron chi connectivity index (χ1n) is 14.1. The summed E-state index contributed by atoms with van der Waals surface area (Å²) in [5, 5.41) is 68.9. The standard InChI is InChI=1S/C36H6F11N7/c37-32-28-21(12-53)24(14-1-2-15(7-48)23(5-14)36(45,46)47)26(17(8-49)9-50)30(28)33(38)31-27(18(10-51)11-52)25(22(13-54)29(31)32)16-3-19(34(39,40)41)6-20(4-16)35(42,43)44/h1-6H. The second-order valence-electron chi connectivity index (χ2n) is 11.0. The van der Waals surface area contributed by atoms with E-state index in [1.807, 2.05) is 0 Å². The largest absolute Gasteiger partial charge is 0.417 e. The zero-order chi connectivity index (χ0) is 40.2. The van der Waals surface area contributed by atoms with Gasteiger partial charge in [-0.3, -0.25) is 0 Å². The number of halogens is 11. The van der Waals surface area contributed by atoms with E-state index in [2.05, 4.69) is 0 Å². The van der Waals surface area contributed by atoms with Gasteiger partial charge in [0.25, 0.3) is 0 Å². The van der Waals surface area contributed by atoms with Gasteiger partial charge in [-0.1, -0.05) is 6.07 Å². The quantitative estimate of drug-likeness (QED) is 0.186. The molecule has 3 aromatic rings. The molecule has 0 unspecified atom stereocenters. The van der Waals surface area contributed by atoms with Crippen LogP contribution in [0.4, 0.5) is 48.3 Å². The lowest BCUT2D eigenvalue weighted by Gasteiger charge is -2.17. The molecular weight excluding hydrogens is 739 g/mol. The molecule has 18 heteroatoms. The Morgan fingerprint density at radius 3 is 1.22 bits per heavy atom. The van der Waals surface area contributed by atoms with Crippen molar-refractivity contribution in [1.82, 2.24) is 0 Å². The van der Waals surface area contributed by atoms with Gasteiger partial charge in [-0.25, -0.2) is 8.78 Å². The van der Waals surface area contributed by atoms with Gasteiger partial charge >= 0.3 is 18.5 Å². The molecule has 7 nitrogen and oxygen atoms in total. The monoisotopic (exact) mass is 745 g/mol.